The molecule has 0 radical (unpaired) electrons. The maximum atomic E-state index is 13.3. The van der Waals surface area contributed by atoms with E-state index in [0.29, 0.717) is 17.8 Å². The van der Waals surface area contributed by atoms with Gasteiger partial charge in [-0.1, -0.05) is 31.5 Å². The molecule has 4 rings (SSSR count). The van der Waals surface area contributed by atoms with Crippen LogP contribution in [0.5, 0.6) is 5.75 Å². The van der Waals surface area contributed by atoms with E-state index in [4.69, 9.17) is 4.74 Å². The fraction of sp³-hybridized carbons (Fsp3) is 0.423. The molecule has 2 aliphatic rings. The van der Waals surface area contributed by atoms with E-state index in [1.807, 2.05) is 29.2 Å². The van der Waals surface area contributed by atoms with Crippen molar-refractivity contribution in [3.8, 4) is 5.75 Å². The molecule has 0 bridgehead atoms. The monoisotopic (exact) mass is 449 g/mol. The van der Waals surface area contributed by atoms with Gasteiger partial charge in [-0.25, -0.2) is 0 Å². The van der Waals surface area contributed by atoms with Crippen LogP contribution < -0.4 is 15.4 Å². The number of carbonyl (C=O) groups excluding carboxylic acids is 3. The molecule has 1 heterocycles. The van der Waals surface area contributed by atoms with Crippen LogP contribution in [0.25, 0.3) is 0 Å². The fourth-order valence-electron chi connectivity index (χ4n) is 4.30. The molecule has 1 saturated heterocycles. The number of nitrogens with one attached hydrogen (secondary N) is 2. The quantitative estimate of drug-likeness (QED) is 0.608. The predicted octanol–water partition coefficient (Wildman–Crippen LogP) is 3.92. The molecule has 0 unspecified atom stereocenters. The lowest BCUT2D eigenvalue weighted by atomic mass is 9.92. The van der Waals surface area contributed by atoms with E-state index >= 15 is 0 Å². The number of likely N-dealkylation sites (tertiary alicyclic amines) is 1. The largest absolute Gasteiger partial charge is 0.497 e. The summed E-state index contributed by atoms with van der Waals surface area (Å²) in [6.07, 6.45) is 4.03. The molecule has 2 atom stereocenters. The molecule has 2 aromatic carbocycles. The van der Waals surface area contributed by atoms with Gasteiger partial charge in [0.15, 0.2) is 0 Å². The predicted molar refractivity (Wildman–Crippen MR) is 126 cm³/mol. The highest BCUT2D eigenvalue weighted by molar-refractivity contribution is 6.00. The van der Waals surface area contributed by atoms with Gasteiger partial charge in [-0.05, 0) is 55.2 Å². The van der Waals surface area contributed by atoms with Crippen molar-refractivity contribution in [3.05, 3.63) is 59.7 Å². The van der Waals surface area contributed by atoms with E-state index in [1.165, 1.54) is 0 Å². The number of hydrogen-bond donors (Lipinski definition) is 2. The SMILES string of the molecule is CCCCN1C(=O)C[C@H](C(=O)Nc2cccc(C(=O)NC3CC3)c2)[C@H]1c1ccc(OC)cc1. The molecular weight excluding hydrogens is 418 g/mol. The van der Waals surface area contributed by atoms with Gasteiger partial charge in [0, 0.05) is 30.3 Å². The van der Waals surface area contributed by atoms with Gasteiger partial charge in [-0.15, -0.1) is 0 Å². The van der Waals surface area contributed by atoms with E-state index in [2.05, 4.69) is 17.6 Å². The molecule has 33 heavy (non-hydrogen) atoms. The Labute approximate surface area is 194 Å². The van der Waals surface area contributed by atoms with Crippen LogP contribution in [0.3, 0.4) is 0 Å². The van der Waals surface area contributed by atoms with Crippen molar-refractivity contribution in [2.24, 2.45) is 5.92 Å². The van der Waals surface area contributed by atoms with Crippen molar-refractivity contribution in [2.75, 3.05) is 19.0 Å². The van der Waals surface area contributed by atoms with Crippen molar-refractivity contribution < 1.29 is 19.1 Å². The van der Waals surface area contributed by atoms with Gasteiger partial charge in [-0.3, -0.25) is 14.4 Å². The van der Waals surface area contributed by atoms with E-state index in [-0.39, 0.29) is 36.2 Å². The minimum absolute atomic E-state index is 0.0121. The van der Waals surface area contributed by atoms with Crippen LogP contribution in [0.1, 0.15) is 61.0 Å². The minimum atomic E-state index is -0.522. The summed E-state index contributed by atoms with van der Waals surface area (Å²) in [5, 5.41) is 5.91. The topological polar surface area (TPSA) is 87.7 Å². The Balaban J connectivity index is 1.54. The Morgan fingerprint density at radius 2 is 1.88 bits per heavy atom. The third kappa shape index (κ3) is 5.35. The van der Waals surface area contributed by atoms with Crippen molar-refractivity contribution in [1.29, 1.82) is 0 Å². The number of amides is 3. The van der Waals surface area contributed by atoms with Gasteiger partial charge in [0.2, 0.25) is 11.8 Å². The van der Waals surface area contributed by atoms with Crippen LogP contribution in [-0.2, 0) is 9.59 Å². The van der Waals surface area contributed by atoms with Crippen LogP contribution in [0.15, 0.2) is 48.5 Å². The van der Waals surface area contributed by atoms with Crippen molar-refractivity contribution >= 4 is 23.4 Å². The lowest BCUT2D eigenvalue weighted by molar-refractivity contribution is -0.129. The molecule has 3 amide bonds. The summed E-state index contributed by atoms with van der Waals surface area (Å²) in [5.74, 6) is -0.159. The zero-order chi connectivity index (χ0) is 23.4. The first-order valence-corrected chi connectivity index (χ1v) is 11.7. The number of rotatable bonds is 9. The van der Waals surface area contributed by atoms with Gasteiger partial charge >= 0.3 is 0 Å². The van der Waals surface area contributed by atoms with Crippen LogP contribution in [-0.4, -0.2) is 42.3 Å². The number of ether oxygens (including phenoxy) is 1. The summed E-state index contributed by atoms with van der Waals surface area (Å²) in [7, 11) is 1.61. The van der Waals surface area contributed by atoms with Crippen molar-refractivity contribution in [2.45, 2.75) is 51.1 Å². The molecule has 7 heteroatoms. The summed E-state index contributed by atoms with van der Waals surface area (Å²) < 4.78 is 5.26. The van der Waals surface area contributed by atoms with Gasteiger partial charge in [0.05, 0.1) is 19.1 Å². The number of methoxy groups -OCH3 is 1. The van der Waals surface area contributed by atoms with E-state index in [9.17, 15) is 14.4 Å². The summed E-state index contributed by atoms with van der Waals surface area (Å²) in [5.41, 5.74) is 1.98. The van der Waals surface area contributed by atoms with Crippen LogP contribution in [0.4, 0.5) is 5.69 Å². The normalized spacial score (nSPS) is 19.9. The minimum Gasteiger partial charge on any atom is -0.497 e. The number of anilines is 1. The number of carbonyl (C=O) groups is 3. The second-order valence-electron chi connectivity index (χ2n) is 8.79. The average Bonchev–Trinajstić information content (AvgIpc) is 3.58. The number of benzene rings is 2. The zero-order valence-electron chi connectivity index (χ0n) is 19.2. The summed E-state index contributed by atoms with van der Waals surface area (Å²) in [4.78, 5) is 40.4. The third-order valence-corrected chi connectivity index (χ3v) is 6.28. The molecule has 1 saturated carbocycles. The maximum Gasteiger partial charge on any atom is 0.251 e. The summed E-state index contributed by atoms with van der Waals surface area (Å²) in [6.45, 7) is 2.70. The van der Waals surface area contributed by atoms with Crippen molar-refractivity contribution in [3.63, 3.8) is 0 Å². The Bertz CT molecular complexity index is 1020. The second kappa shape index (κ2) is 10.1. The first-order chi connectivity index (χ1) is 16.0. The fourth-order valence-corrected chi connectivity index (χ4v) is 4.30. The first kappa shape index (κ1) is 22.8. The summed E-state index contributed by atoms with van der Waals surface area (Å²) in [6, 6.07) is 14.4. The van der Waals surface area contributed by atoms with Crippen LogP contribution in [0, 0.1) is 5.92 Å². The maximum absolute atomic E-state index is 13.3. The Morgan fingerprint density at radius 3 is 2.55 bits per heavy atom. The Kier molecular flexibility index (Phi) is 6.96. The lowest BCUT2D eigenvalue weighted by Gasteiger charge is -2.28. The molecule has 2 aromatic rings. The Hall–Kier alpha value is -3.35. The van der Waals surface area contributed by atoms with Gasteiger partial charge in [0.1, 0.15) is 5.75 Å². The molecule has 2 fully saturated rings. The second-order valence-corrected chi connectivity index (χ2v) is 8.79. The zero-order valence-corrected chi connectivity index (χ0v) is 19.2. The summed E-state index contributed by atoms with van der Waals surface area (Å²) >= 11 is 0. The van der Waals surface area contributed by atoms with Gasteiger partial charge < -0.3 is 20.3 Å². The molecule has 0 aromatic heterocycles. The molecule has 7 nitrogen and oxygen atoms in total. The number of unbranched alkanes of at least 4 members (excludes halogenated alkanes) is 1. The number of nitrogens with zero attached hydrogens (tertiary/aromatic N) is 1. The Morgan fingerprint density at radius 1 is 1.12 bits per heavy atom. The van der Waals surface area contributed by atoms with Crippen molar-refractivity contribution in [1.82, 2.24) is 10.2 Å². The van der Waals surface area contributed by atoms with Gasteiger partial charge in [0.25, 0.3) is 5.91 Å². The molecular formula is C26H31N3O4. The first-order valence-electron chi connectivity index (χ1n) is 11.7. The molecule has 1 aliphatic carbocycles. The molecule has 0 spiro atoms. The smallest absolute Gasteiger partial charge is 0.251 e. The molecule has 174 valence electrons. The highest BCUT2D eigenvalue weighted by Crippen LogP contribution is 2.39. The number of hydrogen-bond acceptors (Lipinski definition) is 4. The van der Waals surface area contributed by atoms with E-state index in [0.717, 1.165) is 37.0 Å². The third-order valence-electron chi connectivity index (χ3n) is 6.28. The highest BCUT2D eigenvalue weighted by atomic mass is 16.5. The molecule has 2 N–H and O–H groups in total. The van der Waals surface area contributed by atoms with Gasteiger partial charge in [-0.2, -0.15) is 0 Å². The standard InChI is InChI=1S/C26H31N3O4/c1-3-4-14-29-23(30)16-22(24(29)17-8-12-21(33-2)13-9-17)26(32)28-20-7-5-6-18(15-20)25(31)27-19-10-11-19/h5-9,12-13,15,19,22,24H,3-4,10-11,14,16H2,1-2H3,(H,27,31)(H,28,32)/t22-,24+/m0/s1. The van der Waals surface area contributed by atoms with Crippen LogP contribution >= 0.6 is 0 Å². The van der Waals surface area contributed by atoms with E-state index < -0.39 is 5.92 Å². The van der Waals surface area contributed by atoms with E-state index in [1.54, 1.807) is 31.4 Å². The average molecular weight is 450 g/mol. The lowest BCUT2D eigenvalue weighted by Crippen LogP contribution is -2.33. The van der Waals surface area contributed by atoms with Crippen LogP contribution in [0.2, 0.25) is 0 Å². The molecule has 1 aliphatic heterocycles. The highest BCUT2D eigenvalue weighted by Gasteiger charge is 2.44.